The number of H-pyrrole nitrogens is 1. The quantitative estimate of drug-likeness (QED) is 0.735. The minimum absolute atomic E-state index is 0.0208. The summed E-state index contributed by atoms with van der Waals surface area (Å²) in [6.45, 7) is 1.57. The van der Waals surface area contributed by atoms with Crippen molar-refractivity contribution in [2.75, 3.05) is 0 Å². The molecule has 0 aliphatic heterocycles. The van der Waals surface area contributed by atoms with Gasteiger partial charge in [-0.05, 0) is 31.2 Å². The minimum Gasteiger partial charge on any atom is -0.295 e. The van der Waals surface area contributed by atoms with Crippen LogP contribution in [0.5, 0.6) is 0 Å². The van der Waals surface area contributed by atoms with Crippen molar-refractivity contribution in [3.63, 3.8) is 0 Å². The lowest BCUT2D eigenvalue weighted by Crippen LogP contribution is -2.21. The number of hydrogen-bond acceptors (Lipinski definition) is 2. The lowest BCUT2D eigenvalue weighted by Gasteiger charge is -2.06. The monoisotopic (exact) mass is 346 g/mol. The zero-order valence-electron chi connectivity index (χ0n) is 13.1. The molecular weight excluding hydrogens is 333 g/mol. The third-order valence-electron chi connectivity index (χ3n) is 3.79. The van der Waals surface area contributed by atoms with Crippen molar-refractivity contribution in [2.24, 2.45) is 0 Å². The molecular formula is C18H13F3N2O2. The first kappa shape index (κ1) is 16.8. The molecule has 1 heterocycles. The highest BCUT2D eigenvalue weighted by Gasteiger charge is 2.30. The van der Waals surface area contributed by atoms with Crippen molar-refractivity contribution in [2.45, 2.75) is 13.1 Å². The average molecular weight is 346 g/mol. The highest BCUT2D eigenvalue weighted by molar-refractivity contribution is 6.09. The second-order valence-corrected chi connectivity index (χ2v) is 5.49. The van der Waals surface area contributed by atoms with Crippen LogP contribution in [-0.4, -0.2) is 15.6 Å². The van der Waals surface area contributed by atoms with E-state index < -0.39 is 23.1 Å². The molecule has 0 aliphatic carbocycles. The maximum atomic E-state index is 12.6. The second kappa shape index (κ2) is 6.08. The predicted octanol–water partition coefficient (Wildman–Crippen LogP) is 3.72. The maximum absolute atomic E-state index is 12.6. The topological polar surface area (TPSA) is 54.9 Å². The van der Waals surface area contributed by atoms with E-state index in [1.165, 1.54) is 4.68 Å². The number of ketones is 1. The predicted molar refractivity (Wildman–Crippen MR) is 86.0 cm³/mol. The van der Waals surface area contributed by atoms with Gasteiger partial charge in [0.1, 0.15) is 5.56 Å². The normalized spacial score (nSPS) is 11.5. The van der Waals surface area contributed by atoms with E-state index in [0.29, 0.717) is 11.4 Å². The number of aromatic nitrogens is 2. The van der Waals surface area contributed by atoms with E-state index in [1.807, 2.05) is 0 Å². The number of carbonyl (C=O) groups is 1. The van der Waals surface area contributed by atoms with Crippen LogP contribution in [0.25, 0.3) is 5.69 Å². The lowest BCUT2D eigenvalue weighted by molar-refractivity contribution is -0.137. The molecule has 0 aliphatic rings. The van der Waals surface area contributed by atoms with Crippen molar-refractivity contribution < 1.29 is 18.0 Å². The molecule has 7 heteroatoms. The summed E-state index contributed by atoms with van der Waals surface area (Å²) in [5.74, 6) is -0.623. The van der Waals surface area contributed by atoms with Gasteiger partial charge in [-0.25, -0.2) is 4.68 Å². The Bertz CT molecular complexity index is 968. The molecule has 3 rings (SSSR count). The molecule has 0 saturated heterocycles. The number of benzene rings is 2. The Kier molecular flexibility index (Phi) is 4.08. The van der Waals surface area contributed by atoms with Crippen molar-refractivity contribution >= 4 is 5.78 Å². The van der Waals surface area contributed by atoms with Gasteiger partial charge >= 0.3 is 6.18 Å². The van der Waals surface area contributed by atoms with Crippen molar-refractivity contribution in [1.82, 2.24) is 9.78 Å². The molecule has 0 unspecified atom stereocenters. The molecule has 25 heavy (non-hydrogen) atoms. The number of nitrogens with zero attached hydrogens (tertiary/aromatic N) is 1. The van der Waals surface area contributed by atoms with Crippen molar-refractivity contribution in [1.29, 1.82) is 0 Å². The number of halogens is 3. The Hall–Kier alpha value is -3.09. The fourth-order valence-electron chi connectivity index (χ4n) is 2.53. The van der Waals surface area contributed by atoms with Crippen LogP contribution in [0.3, 0.4) is 0 Å². The van der Waals surface area contributed by atoms with Crippen LogP contribution in [0, 0.1) is 6.92 Å². The summed E-state index contributed by atoms with van der Waals surface area (Å²) < 4.78 is 39.1. The van der Waals surface area contributed by atoms with E-state index >= 15 is 0 Å². The highest BCUT2D eigenvalue weighted by atomic mass is 19.4. The van der Waals surface area contributed by atoms with E-state index in [-0.39, 0.29) is 11.1 Å². The number of alkyl halides is 3. The minimum atomic E-state index is -4.48. The molecule has 0 bridgehead atoms. The number of nitrogens with one attached hydrogen (secondary N) is 1. The number of aromatic amines is 1. The molecule has 0 amide bonds. The fourth-order valence-corrected chi connectivity index (χ4v) is 2.53. The van der Waals surface area contributed by atoms with Gasteiger partial charge in [-0.3, -0.25) is 14.7 Å². The van der Waals surface area contributed by atoms with Crippen LogP contribution < -0.4 is 5.56 Å². The molecule has 3 aromatic rings. The lowest BCUT2D eigenvalue weighted by atomic mass is 10.0. The van der Waals surface area contributed by atoms with E-state index in [0.717, 1.165) is 24.3 Å². The number of carbonyl (C=O) groups excluding carboxylic acids is 1. The molecule has 128 valence electrons. The summed E-state index contributed by atoms with van der Waals surface area (Å²) in [6.07, 6.45) is -4.48. The van der Waals surface area contributed by atoms with Gasteiger partial charge in [0.2, 0.25) is 0 Å². The average Bonchev–Trinajstić information content (AvgIpc) is 2.89. The summed E-state index contributed by atoms with van der Waals surface area (Å²) >= 11 is 0. The largest absolute Gasteiger partial charge is 0.416 e. The van der Waals surface area contributed by atoms with E-state index in [2.05, 4.69) is 5.10 Å². The molecule has 0 saturated carbocycles. The molecule has 2 aromatic carbocycles. The highest BCUT2D eigenvalue weighted by Crippen LogP contribution is 2.29. The Labute approximate surface area is 140 Å². The number of para-hydroxylation sites is 1. The summed E-state index contributed by atoms with van der Waals surface area (Å²) in [7, 11) is 0. The standard InChI is InChI=1S/C18H13F3N2O2/c1-11-15(17(25)23(22-11)14-5-3-2-4-6-14)16(24)12-7-9-13(10-8-12)18(19,20)21/h2-10,22H,1H3. The Morgan fingerprint density at radius 3 is 2.16 bits per heavy atom. The first-order valence-corrected chi connectivity index (χ1v) is 7.38. The molecule has 1 aromatic heterocycles. The van der Waals surface area contributed by atoms with Crippen molar-refractivity contribution in [3.8, 4) is 5.69 Å². The molecule has 1 N–H and O–H groups in total. The van der Waals surface area contributed by atoms with Gasteiger partial charge in [0.25, 0.3) is 5.56 Å². The summed E-state index contributed by atoms with van der Waals surface area (Å²) in [5.41, 5.74) is -0.568. The van der Waals surface area contributed by atoms with Gasteiger partial charge in [0, 0.05) is 11.3 Å². The van der Waals surface area contributed by atoms with E-state index in [1.54, 1.807) is 37.3 Å². The van der Waals surface area contributed by atoms with E-state index in [9.17, 15) is 22.8 Å². The third-order valence-corrected chi connectivity index (χ3v) is 3.79. The third kappa shape index (κ3) is 3.13. The van der Waals surface area contributed by atoms with Crippen LogP contribution >= 0.6 is 0 Å². The van der Waals surface area contributed by atoms with Crippen molar-refractivity contribution in [3.05, 3.63) is 87.3 Å². The smallest absolute Gasteiger partial charge is 0.295 e. The first-order valence-electron chi connectivity index (χ1n) is 7.38. The van der Waals surface area contributed by atoms with Gasteiger partial charge in [-0.1, -0.05) is 30.3 Å². The van der Waals surface area contributed by atoms with Crippen LogP contribution in [0.1, 0.15) is 27.2 Å². The van der Waals surface area contributed by atoms with Gasteiger partial charge in [0.05, 0.1) is 11.3 Å². The summed E-state index contributed by atoms with van der Waals surface area (Å²) in [4.78, 5) is 25.1. The number of rotatable bonds is 3. The number of hydrogen-bond donors (Lipinski definition) is 1. The number of aryl methyl sites for hydroxylation is 1. The molecule has 0 spiro atoms. The summed E-state index contributed by atoms with van der Waals surface area (Å²) in [6, 6.07) is 12.5. The second-order valence-electron chi connectivity index (χ2n) is 5.49. The molecule has 0 radical (unpaired) electrons. The molecule has 0 fully saturated rings. The SMILES string of the molecule is Cc1[nH]n(-c2ccccc2)c(=O)c1C(=O)c1ccc(C(F)(F)F)cc1. The molecule has 0 atom stereocenters. The zero-order chi connectivity index (χ0) is 18.2. The molecule has 4 nitrogen and oxygen atoms in total. The van der Waals surface area contributed by atoms with Gasteiger partial charge < -0.3 is 0 Å². The maximum Gasteiger partial charge on any atom is 0.416 e. The Morgan fingerprint density at radius 1 is 1.00 bits per heavy atom. The van der Waals surface area contributed by atoms with E-state index in [4.69, 9.17) is 0 Å². The summed E-state index contributed by atoms with van der Waals surface area (Å²) in [5, 5.41) is 2.82. The van der Waals surface area contributed by atoms with Crippen LogP contribution in [-0.2, 0) is 6.18 Å². The van der Waals surface area contributed by atoms with Crippen LogP contribution in [0.2, 0.25) is 0 Å². The Balaban J connectivity index is 2.01. The zero-order valence-corrected chi connectivity index (χ0v) is 13.1. The van der Waals surface area contributed by atoms with Gasteiger partial charge in [-0.2, -0.15) is 13.2 Å². The van der Waals surface area contributed by atoms with Crippen LogP contribution in [0.4, 0.5) is 13.2 Å². The Morgan fingerprint density at radius 2 is 1.60 bits per heavy atom. The first-order chi connectivity index (χ1) is 11.8. The van der Waals surface area contributed by atoms with Crippen LogP contribution in [0.15, 0.2) is 59.4 Å². The van der Waals surface area contributed by atoms with Gasteiger partial charge in [-0.15, -0.1) is 0 Å². The van der Waals surface area contributed by atoms with Gasteiger partial charge in [0.15, 0.2) is 5.78 Å². The fraction of sp³-hybridized carbons (Fsp3) is 0.111.